The van der Waals surface area contributed by atoms with Gasteiger partial charge in [0.05, 0.1) is 16.6 Å². The molecule has 2 saturated carbocycles. The molecule has 4 unspecified atom stereocenters. The van der Waals surface area contributed by atoms with Gasteiger partial charge < -0.3 is 0 Å². The van der Waals surface area contributed by atoms with Crippen molar-refractivity contribution in [3.8, 4) is 0 Å². The van der Waals surface area contributed by atoms with Gasteiger partial charge in [0.1, 0.15) is 22.8 Å². The first-order chi connectivity index (χ1) is 28.2. The monoisotopic (exact) mass is 796 g/mol. The minimum atomic E-state index is -0.114. The first kappa shape index (κ1) is 38.0. The Morgan fingerprint density at radius 1 is 0.417 bits per heavy atom. The molecule has 0 aliphatic heterocycles. The first-order valence-corrected chi connectivity index (χ1v) is 22.6. The average Bonchev–Trinajstić information content (AvgIpc) is 4.04. The highest BCUT2D eigenvalue weighted by atomic mass is 15.1. The molecule has 2 aromatic carbocycles. The summed E-state index contributed by atoms with van der Waals surface area (Å²) in [7, 11) is 0. The van der Waals surface area contributed by atoms with Crippen LogP contribution in [0.2, 0.25) is 0 Å². The number of nitrogens with zero attached hydrogens (tertiary/aromatic N) is 8. The smallest absolute Gasteiger partial charge is 0.178 e. The van der Waals surface area contributed by atoms with Gasteiger partial charge in [0.2, 0.25) is 0 Å². The summed E-state index contributed by atoms with van der Waals surface area (Å²) >= 11 is 0. The van der Waals surface area contributed by atoms with E-state index < -0.39 is 0 Å². The zero-order valence-corrected chi connectivity index (χ0v) is 37.7. The maximum absolute atomic E-state index is 5.23. The predicted molar refractivity (Wildman–Crippen MR) is 245 cm³/mol. The van der Waals surface area contributed by atoms with Crippen molar-refractivity contribution in [2.45, 2.75) is 167 Å². The van der Waals surface area contributed by atoms with Crippen LogP contribution in [-0.4, -0.2) is 38.7 Å². The number of rotatable bonds is 0. The number of imidazole rings is 2. The number of hydrogen-bond acceptors (Lipinski definition) is 6. The Bertz CT molecular complexity index is 3050. The number of pyridine rings is 2. The van der Waals surface area contributed by atoms with E-state index in [1.54, 1.807) is 22.3 Å². The van der Waals surface area contributed by atoms with E-state index in [9.17, 15) is 0 Å². The molecule has 60 heavy (non-hydrogen) atoms. The van der Waals surface area contributed by atoms with Crippen LogP contribution < -0.4 is 0 Å². The fourth-order valence-electron chi connectivity index (χ4n) is 11.2. The van der Waals surface area contributed by atoms with Gasteiger partial charge in [-0.2, -0.15) is 0 Å². The normalized spacial score (nSPS) is 21.3. The van der Waals surface area contributed by atoms with Crippen LogP contribution >= 0.6 is 0 Å². The lowest BCUT2D eigenvalue weighted by Gasteiger charge is -2.22. The lowest BCUT2D eigenvalue weighted by atomic mass is 9.90. The SMILES string of the molecule is CC(C)(C)c1ccc2c(n1)nc1c3cc4c(cc3nc(C(C)(C)C)n21)C1CCC4C1.CC(C)(C)c1ccc2nc3c4cc5c(cc4nc(C(C)(C)C)n3c2n1)C1CCC5C1. The Labute approximate surface area is 353 Å². The molecule has 6 aromatic heterocycles. The fraction of sp³-hybridized carbons (Fsp3) is 0.500. The molecule has 0 saturated heterocycles. The quantitative estimate of drug-likeness (QED) is 0.152. The van der Waals surface area contributed by atoms with Crippen molar-refractivity contribution in [1.82, 2.24) is 38.7 Å². The van der Waals surface area contributed by atoms with E-state index in [1.807, 2.05) is 0 Å². The van der Waals surface area contributed by atoms with Crippen LogP contribution in [0.4, 0.5) is 0 Å². The fourth-order valence-corrected chi connectivity index (χ4v) is 11.2. The highest BCUT2D eigenvalue weighted by molar-refractivity contribution is 5.98. The molecule has 4 aliphatic rings. The van der Waals surface area contributed by atoms with Crippen LogP contribution in [0.3, 0.4) is 0 Å². The molecule has 6 heterocycles. The third-order valence-electron chi connectivity index (χ3n) is 14.3. The number of aromatic nitrogens is 8. The highest BCUT2D eigenvalue weighted by Gasteiger charge is 2.39. The molecule has 0 radical (unpaired) electrons. The average molecular weight is 797 g/mol. The Hall–Kier alpha value is -4.98. The minimum absolute atomic E-state index is 0.00275. The molecule has 4 bridgehead atoms. The summed E-state index contributed by atoms with van der Waals surface area (Å²) < 4.78 is 4.49. The van der Waals surface area contributed by atoms with Gasteiger partial charge in [0, 0.05) is 43.8 Å². The zero-order valence-electron chi connectivity index (χ0n) is 37.7. The van der Waals surface area contributed by atoms with E-state index in [-0.39, 0.29) is 21.7 Å². The summed E-state index contributed by atoms with van der Waals surface area (Å²) in [5.41, 5.74) is 16.0. The predicted octanol–water partition coefficient (Wildman–Crippen LogP) is 12.8. The summed E-state index contributed by atoms with van der Waals surface area (Å²) in [4.78, 5) is 30.7. The van der Waals surface area contributed by atoms with Crippen LogP contribution in [0, 0.1) is 0 Å². The van der Waals surface area contributed by atoms with Crippen LogP contribution in [-0.2, 0) is 21.7 Å². The van der Waals surface area contributed by atoms with Gasteiger partial charge in [-0.25, -0.2) is 29.9 Å². The van der Waals surface area contributed by atoms with Crippen molar-refractivity contribution in [2.24, 2.45) is 0 Å². The van der Waals surface area contributed by atoms with E-state index in [4.69, 9.17) is 29.9 Å². The second kappa shape index (κ2) is 12.3. The molecular formula is C52H60N8. The van der Waals surface area contributed by atoms with Gasteiger partial charge >= 0.3 is 0 Å². The molecule has 8 aromatic rings. The summed E-state index contributed by atoms with van der Waals surface area (Å²) in [6.07, 6.45) is 7.98. The highest BCUT2D eigenvalue weighted by Crippen LogP contribution is 2.55. The van der Waals surface area contributed by atoms with Crippen LogP contribution in [0.1, 0.15) is 191 Å². The molecule has 8 heteroatoms. The van der Waals surface area contributed by atoms with E-state index in [2.05, 4.69) is 140 Å². The third-order valence-corrected chi connectivity index (χ3v) is 14.3. The second-order valence-corrected chi connectivity index (χ2v) is 22.9. The van der Waals surface area contributed by atoms with Gasteiger partial charge in [-0.15, -0.1) is 0 Å². The summed E-state index contributed by atoms with van der Waals surface area (Å²) in [6.45, 7) is 26.6. The lowest BCUT2D eigenvalue weighted by molar-refractivity contribution is 0.540. The van der Waals surface area contributed by atoms with E-state index in [0.29, 0.717) is 0 Å². The summed E-state index contributed by atoms with van der Waals surface area (Å²) in [6, 6.07) is 18.1. The van der Waals surface area contributed by atoms with Gasteiger partial charge in [-0.05, 0) is 133 Å². The second-order valence-electron chi connectivity index (χ2n) is 22.9. The van der Waals surface area contributed by atoms with E-state index in [1.165, 1.54) is 49.3 Å². The molecule has 8 nitrogen and oxygen atoms in total. The maximum Gasteiger partial charge on any atom is 0.178 e. The Morgan fingerprint density at radius 3 is 1.37 bits per heavy atom. The van der Waals surface area contributed by atoms with Gasteiger partial charge in [0.15, 0.2) is 16.9 Å². The zero-order chi connectivity index (χ0) is 42.0. The van der Waals surface area contributed by atoms with Gasteiger partial charge in [0.25, 0.3) is 0 Å². The van der Waals surface area contributed by atoms with Gasteiger partial charge in [-0.1, -0.05) is 83.1 Å². The first-order valence-electron chi connectivity index (χ1n) is 22.6. The topological polar surface area (TPSA) is 86.2 Å². The van der Waals surface area contributed by atoms with Crippen molar-refractivity contribution in [3.05, 3.63) is 93.8 Å². The molecule has 12 rings (SSSR count). The molecule has 2 fully saturated rings. The lowest BCUT2D eigenvalue weighted by Crippen LogP contribution is -2.20. The van der Waals surface area contributed by atoms with Crippen molar-refractivity contribution in [1.29, 1.82) is 0 Å². The minimum Gasteiger partial charge on any atom is -0.278 e. The molecule has 0 spiro atoms. The van der Waals surface area contributed by atoms with Crippen molar-refractivity contribution in [2.75, 3.05) is 0 Å². The van der Waals surface area contributed by atoms with Crippen molar-refractivity contribution < 1.29 is 0 Å². The molecule has 0 amide bonds. The number of fused-ring (bicyclic) bond motifs is 20. The van der Waals surface area contributed by atoms with Crippen LogP contribution in [0.5, 0.6) is 0 Å². The molecular weight excluding hydrogens is 737 g/mol. The molecule has 308 valence electrons. The summed E-state index contributed by atoms with van der Waals surface area (Å²) in [5, 5.41) is 2.34. The molecule has 4 atom stereocenters. The van der Waals surface area contributed by atoms with Crippen LogP contribution in [0.25, 0.3) is 55.4 Å². The third kappa shape index (κ3) is 5.67. The number of benzene rings is 2. The molecule has 4 aliphatic carbocycles. The Balaban J connectivity index is 0.000000136. The summed E-state index contributed by atoms with van der Waals surface area (Å²) in [5.74, 6) is 5.02. The van der Waals surface area contributed by atoms with E-state index >= 15 is 0 Å². The standard InChI is InChI=1S/2C26H30N4/c1-25(2,3)21-10-9-20-22(28-21)29-23-18-12-16-14-7-8-15(11-14)17(16)13-19(18)27-24(30(20)23)26(4,5)6;1-25(2,3)21-10-9-19-23(29-21)30-22(27-19)18-12-16-14-7-8-15(11-14)17(16)13-20(18)28-24(30)26(4,5)6/h2*9-10,12-15H,7-8,11H2,1-6H3. The molecule has 0 N–H and O–H groups in total. The van der Waals surface area contributed by atoms with Crippen LogP contribution in [0.15, 0.2) is 48.5 Å². The van der Waals surface area contributed by atoms with Gasteiger partial charge in [-0.3, -0.25) is 8.80 Å². The largest absolute Gasteiger partial charge is 0.278 e. The Morgan fingerprint density at radius 2 is 0.867 bits per heavy atom. The maximum atomic E-state index is 5.23. The van der Waals surface area contributed by atoms with E-state index in [0.717, 1.165) is 91.4 Å². The number of hydrogen-bond donors (Lipinski definition) is 0. The Kier molecular flexibility index (Phi) is 7.80. The van der Waals surface area contributed by atoms with Crippen molar-refractivity contribution >= 4 is 55.4 Å². The van der Waals surface area contributed by atoms with Crippen molar-refractivity contribution in [3.63, 3.8) is 0 Å².